The molecule has 0 saturated carbocycles. The van der Waals surface area contributed by atoms with Gasteiger partial charge in [-0.15, -0.1) is 0 Å². The minimum Gasteiger partial charge on any atom is -0.391 e. The first kappa shape index (κ1) is 20.5. The maximum atomic E-state index is 8.99. The van der Waals surface area contributed by atoms with Crippen molar-refractivity contribution >= 4 is 0 Å². The molecule has 2 unspecified atom stereocenters. The van der Waals surface area contributed by atoms with Gasteiger partial charge in [0, 0.05) is 0 Å². The Morgan fingerprint density at radius 1 is 0.857 bits per heavy atom. The smallest absolute Gasteiger partial charge is 0.0745 e. The van der Waals surface area contributed by atoms with Crippen molar-refractivity contribution in [3.63, 3.8) is 0 Å². The molecule has 0 fully saturated rings. The summed E-state index contributed by atoms with van der Waals surface area (Å²) in [4.78, 5) is 0. The summed E-state index contributed by atoms with van der Waals surface area (Å²) in [7, 11) is 0. The van der Waals surface area contributed by atoms with Crippen molar-refractivity contribution in [2.75, 3.05) is 52.9 Å². The Labute approximate surface area is 127 Å². The number of rotatable bonds is 14. The van der Waals surface area contributed by atoms with Crippen LogP contribution in [0.25, 0.3) is 0 Å². The zero-order valence-corrected chi connectivity index (χ0v) is 13.4. The molecule has 2 N–H and O–H groups in total. The Kier molecular flexibility index (Phi) is 14.1. The second-order valence-electron chi connectivity index (χ2n) is 5.03. The van der Waals surface area contributed by atoms with Gasteiger partial charge in [0.15, 0.2) is 0 Å². The fourth-order valence-electron chi connectivity index (χ4n) is 1.32. The molecule has 2 atom stereocenters. The molecule has 0 aliphatic rings. The molecule has 126 valence electrons. The van der Waals surface area contributed by atoms with Gasteiger partial charge in [0.2, 0.25) is 0 Å². The Morgan fingerprint density at radius 2 is 1.33 bits per heavy atom. The van der Waals surface area contributed by atoms with Crippen LogP contribution in [0.15, 0.2) is 11.6 Å². The minimum absolute atomic E-state index is 0.336. The number of aliphatic hydroxyl groups excluding tert-OH is 2. The highest BCUT2D eigenvalue weighted by Gasteiger charge is 1.96. The molecule has 0 aliphatic carbocycles. The third kappa shape index (κ3) is 17.4. The number of aliphatic hydroxyl groups is 2. The van der Waals surface area contributed by atoms with Crippen LogP contribution in [0.2, 0.25) is 0 Å². The van der Waals surface area contributed by atoms with Gasteiger partial charge in [-0.25, -0.2) is 0 Å². The lowest BCUT2D eigenvalue weighted by Gasteiger charge is -2.08. The van der Waals surface area contributed by atoms with E-state index in [1.807, 2.05) is 13.0 Å². The van der Waals surface area contributed by atoms with Crippen LogP contribution in [0.5, 0.6) is 0 Å². The molecule has 0 bridgehead atoms. The Hall–Kier alpha value is -0.500. The molecule has 0 aromatic carbocycles. The number of hydrogen-bond acceptors (Lipinski definition) is 6. The fraction of sp³-hybridized carbons (Fsp3) is 0.867. The molecule has 0 aromatic rings. The summed E-state index contributed by atoms with van der Waals surface area (Å²) in [5.74, 6) is 0. The van der Waals surface area contributed by atoms with Crippen LogP contribution in [-0.2, 0) is 18.9 Å². The van der Waals surface area contributed by atoms with Gasteiger partial charge in [-0.2, -0.15) is 0 Å². The Morgan fingerprint density at radius 3 is 1.86 bits per heavy atom. The average Bonchev–Trinajstić information content (AvgIpc) is 2.41. The molecule has 0 spiro atoms. The van der Waals surface area contributed by atoms with Gasteiger partial charge in [0.1, 0.15) is 0 Å². The third-order valence-corrected chi connectivity index (χ3v) is 2.34. The summed E-state index contributed by atoms with van der Waals surface area (Å²) in [6.07, 6.45) is 1.09. The van der Waals surface area contributed by atoms with E-state index in [4.69, 9.17) is 29.2 Å². The Bertz CT molecular complexity index is 253. The first-order valence-corrected chi connectivity index (χ1v) is 7.35. The van der Waals surface area contributed by atoms with Gasteiger partial charge in [0.05, 0.1) is 65.1 Å². The molecule has 21 heavy (non-hydrogen) atoms. The quantitative estimate of drug-likeness (QED) is 0.364. The maximum absolute atomic E-state index is 8.99. The van der Waals surface area contributed by atoms with Gasteiger partial charge in [-0.1, -0.05) is 6.08 Å². The minimum atomic E-state index is -0.437. The fourth-order valence-corrected chi connectivity index (χ4v) is 1.32. The Balaban J connectivity index is 3.32. The van der Waals surface area contributed by atoms with Crippen LogP contribution in [-0.4, -0.2) is 75.3 Å². The van der Waals surface area contributed by atoms with Crippen molar-refractivity contribution in [1.29, 1.82) is 0 Å². The first-order chi connectivity index (χ1) is 10.0. The van der Waals surface area contributed by atoms with E-state index in [0.29, 0.717) is 52.9 Å². The van der Waals surface area contributed by atoms with E-state index in [0.717, 1.165) is 5.57 Å². The topological polar surface area (TPSA) is 77.4 Å². The van der Waals surface area contributed by atoms with Crippen molar-refractivity contribution in [3.8, 4) is 0 Å². The van der Waals surface area contributed by atoms with Crippen LogP contribution in [0, 0.1) is 0 Å². The molecular weight excluding hydrogens is 276 g/mol. The van der Waals surface area contributed by atoms with Crippen LogP contribution >= 0.6 is 0 Å². The van der Waals surface area contributed by atoms with Crippen LogP contribution in [0.4, 0.5) is 0 Å². The second kappa shape index (κ2) is 14.4. The summed E-state index contributed by atoms with van der Waals surface area (Å²) in [5.41, 5.74) is 1.09. The maximum Gasteiger partial charge on any atom is 0.0745 e. The largest absolute Gasteiger partial charge is 0.391 e. The summed E-state index contributed by atoms with van der Waals surface area (Å²) < 4.78 is 21.1. The molecule has 6 nitrogen and oxygen atoms in total. The van der Waals surface area contributed by atoms with Gasteiger partial charge >= 0.3 is 0 Å². The normalized spacial score (nSPS) is 15.2. The van der Waals surface area contributed by atoms with E-state index < -0.39 is 12.2 Å². The van der Waals surface area contributed by atoms with Crippen LogP contribution < -0.4 is 0 Å². The van der Waals surface area contributed by atoms with E-state index in [1.54, 1.807) is 13.8 Å². The zero-order chi connectivity index (χ0) is 15.9. The van der Waals surface area contributed by atoms with Crippen LogP contribution in [0.1, 0.15) is 20.8 Å². The molecular formula is C15H30O6. The molecule has 0 aliphatic heterocycles. The predicted molar refractivity (Wildman–Crippen MR) is 80.4 cm³/mol. The zero-order valence-electron chi connectivity index (χ0n) is 13.4. The van der Waals surface area contributed by atoms with E-state index in [9.17, 15) is 0 Å². The lowest BCUT2D eigenvalue weighted by atomic mass is 10.3. The van der Waals surface area contributed by atoms with Crippen molar-refractivity contribution in [2.45, 2.75) is 33.0 Å². The first-order valence-electron chi connectivity index (χ1n) is 7.35. The SMILES string of the molecule is C/C(=C/COCCOCC(C)O)COCCOCC(C)O. The van der Waals surface area contributed by atoms with Gasteiger partial charge < -0.3 is 29.2 Å². The highest BCUT2D eigenvalue weighted by atomic mass is 16.5. The molecule has 0 radical (unpaired) electrons. The van der Waals surface area contributed by atoms with Gasteiger partial charge in [-0.3, -0.25) is 0 Å². The van der Waals surface area contributed by atoms with E-state index in [1.165, 1.54) is 0 Å². The lowest BCUT2D eigenvalue weighted by molar-refractivity contribution is 0.0123. The van der Waals surface area contributed by atoms with Crippen molar-refractivity contribution < 1.29 is 29.2 Å². The van der Waals surface area contributed by atoms with E-state index in [-0.39, 0.29) is 0 Å². The highest BCUT2D eigenvalue weighted by molar-refractivity contribution is 4.98. The molecule has 0 saturated heterocycles. The lowest BCUT2D eigenvalue weighted by Crippen LogP contribution is -2.14. The van der Waals surface area contributed by atoms with Crippen molar-refractivity contribution in [1.82, 2.24) is 0 Å². The number of hydrogen-bond donors (Lipinski definition) is 2. The standard InChI is InChI=1S/C15H30O6/c1-13(10-19-8-9-21-12-15(3)17)4-5-18-6-7-20-11-14(2)16/h4,14-17H,5-12H2,1-3H3/b13-4-. The number of ether oxygens (including phenoxy) is 4. The van der Waals surface area contributed by atoms with Crippen LogP contribution in [0.3, 0.4) is 0 Å². The van der Waals surface area contributed by atoms with Crippen molar-refractivity contribution in [2.24, 2.45) is 0 Å². The van der Waals surface area contributed by atoms with Gasteiger partial charge in [0.25, 0.3) is 0 Å². The summed E-state index contributed by atoms with van der Waals surface area (Å²) in [6.45, 7) is 9.05. The highest BCUT2D eigenvalue weighted by Crippen LogP contribution is 1.95. The molecule has 0 rings (SSSR count). The molecule has 0 heterocycles. The summed E-state index contributed by atoms with van der Waals surface area (Å²) in [6, 6.07) is 0. The summed E-state index contributed by atoms with van der Waals surface area (Å²) in [5, 5.41) is 18.0. The average molecular weight is 306 g/mol. The molecule has 0 aromatic heterocycles. The summed E-state index contributed by atoms with van der Waals surface area (Å²) >= 11 is 0. The van der Waals surface area contributed by atoms with Crippen molar-refractivity contribution in [3.05, 3.63) is 11.6 Å². The monoisotopic (exact) mass is 306 g/mol. The van der Waals surface area contributed by atoms with E-state index in [2.05, 4.69) is 0 Å². The predicted octanol–water partition coefficient (Wildman–Crippen LogP) is 0.761. The van der Waals surface area contributed by atoms with Gasteiger partial charge in [-0.05, 0) is 26.3 Å². The van der Waals surface area contributed by atoms with E-state index >= 15 is 0 Å². The third-order valence-electron chi connectivity index (χ3n) is 2.34. The second-order valence-corrected chi connectivity index (χ2v) is 5.03. The molecule has 6 heteroatoms. The molecule has 0 amide bonds.